The number of aromatic carboxylic acids is 1. The van der Waals surface area contributed by atoms with Gasteiger partial charge in [-0.05, 0) is 55.0 Å². The van der Waals surface area contributed by atoms with Crippen molar-refractivity contribution in [2.75, 3.05) is 0 Å². The molecule has 0 aliphatic heterocycles. The predicted octanol–water partition coefficient (Wildman–Crippen LogP) is 2.37. The highest BCUT2D eigenvalue weighted by Gasteiger charge is 2.20. The van der Waals surface area contributed by atoms with E-state index in [0.29, 0.717) is 5.75 Å². The van der Waals surface area contributed by atoms with Gasteiger partial charge in [0, 0.05) is 12.6 Å². The van der Waals surface area contributed by atoms with Crippen molar-refractivity contribution in [2.45, 2.75) is 25.7 Å². The molecule has 20 heavy (non-hydrogen) atoms. The number of aromatic nitrogens is 2. The number of aromatic hydroxyl groups is 1. The van der Waals surface area contributed by atoms with E-state index in [1.165, 1.54) is 0 Å². The van der Waals surface area contributed by atoms with Crippen LogP contribution < -0.4 is 0 Å². The van der Waals surface area contributed by atoms with Crippen molar-refractivity contribution >= 4 is 5.97 Å². The standard InChI is InChI=1S/C15H16N2O3/c1-17-13(8-12(16-17)15(19)20)10-6-7-14(18)11-5-3-2-4-9(10)11/h6-8,18H,2-5H2,1H3,(H,19,20). The number of nitrogens with zero attached hydrogens (tertiary/aromatic N) is 2. The lowest BCUT2D eigenvalue weighted by Crippen LogP contribution is -2.06. The van der Waals surface area contributed by atoms with E-state index < -0.39 is 5.97 Å². The van der Waals surface area contributed by atoms with E-state index in [1.807, 2.05) is 6.07 Å². The molecule has 0 unspecified atom stereocenters. The molecule has 5 nitrogen and oxygen atoms in total. The van der Waals surface area contributed by atoms with E-state index in [-0.39, 0.29) is 5.69 Å². The fraction of sp³-hybridized carbons (Fsp3) is 0.333. The maximum absolute atomic E-state index is 11.0. The summed E-state index contributed by atoms with van der Waals surface area (Å²) in [7, 11) is 1.74. The molecule has 0 saturated heterocycles. The molecule has 104 valence electrons. The molecule has 1 aromatic carbocycles. The Balaban J connectivity index is 2.18. The van der Waals surface area contributed by atoms with Gasteiger partial charge in [0.15, 0.2) is 5.69 Å². The number of carboxylic acids is 1. The molecule has 1 heterocycles. The van der Waals surface area contributed by atoms with Gasteiger partial charge in [0.2, 0.25) is 0 Å². The van der Waals surface area contributed by atoms with Crippen LogP contribution in [0.3, 0.4) is 0 Å². The highest BCUT2D eigenvalue weighted by atomic mass is 16.4. The topological polar surface area (TPSA) is 75.4 Å². The lowest BCUT2D eigenvalue weighted by molar-refractivity contribution is 0.0689. The molecule has 0 saturated carbocycles. The Morgan fingerprint density at radius 3 is 2.60 bits per heavy atom. The van der Waals surface area contributed by atoms with Crippen LogP contribution in [0.15, 0.2) is 18.2 Å². The van der Waals surface area contributed by atoms with Gasteiger partial charge in [-0.15, -0.1) is 0 Å². The lowest BCUT2D eigenvalue weighted by Gasteiger charge is -2.20. The van der Waals surface area contributed by atoms with E-state index >= 15 is 0 Å². The Kier molecular flexibility index (Phi) is 2.97. The van der Waals surface area contributed by atoms with Crippen LogP contribution >= 0.6 is 0 Å². The Morgan fingerprint density at radius 2 is 1.95 bits per heavy atom. The maximum Gasteiger partial charge on any atom is 0.356 e. The average Bonchev–Trinajstić information content (AvgIpc) is 2.82. The molecule has 1 aliphatic carbocycles. The molecule has 2 N–H and O–H groups in total. The minimum atomic E-state index is -1.03. The lowest BCUT2D eigenvalue weighted by atomic mass is 9.86. The van der Waals surface area contributed by atoms with E-state index in [1.54, 1.807) is 23.9 Å². The third-order valence-corrected chi connectivity index (χ3v) is 3.88. The van der Waals surface area contributed by atoms with Gasteiger partial charge < -0.3 is 10.2 Å². The summed E-state index contributed by atoms with van der Waals surface area (Å²) in [6.45, 7) is 0. The van der Waals surface area contributed by atoms with Crippen molar-refractivity contribution < 1.29 is 15.0 Å². The van der Waals surface area contributed by atoms with Crippen LogP contribution in [0.2, 0.25) is 0 Å². The van der Waals surface area contributed by atoms with Crippen LogP contribution in [-0.2, 0) is 19.9 Å². The van der Waals surface area contributed by atoms with Crippen molar-refractivity contribution in [3.63, 3.8) is 0 Å². The molecule has 1 aromatic heterocycles. The van der Waals surface area contributed by atoms with Gasteiger partial charge in [0.25, 0.3) is 0 Å². The van der Waals surface area contributed by atoms with Gasteiger partial charge in [-0.3, -0.25) is 4.68 Å². The van der Waals surface area contributed by atoms with Gasteiger partial charge in [0.1, 0.15) is 5.75 Å². The Hall–Kier alpha value is -2.30. The number of phenols is 1. The first kappa shape index (κ1) is 12.7. The van der Waals surface area contributed by atoms with Crippen LogP contribution in [0.4, 0.5) is 0 Å². The molecule has 3 rings (SSSR count). The minimum Gasteiger partial charge on any atom is -0.508 e. The molecule has 0 fully saturated rings. The number of benzene rings is 1. The monoisotopic (exact) mass is 272 g/mol. The van der Waals surface area contributed by atoms with Gasteiger partial charge in [-0.1, -0.05) is 0 Å². The normalized spacial score (nSPS) is 14.1. The van der Waals surface area contributed by atoms with Crippen LogP contribution in [0, 0.1) is 0 Å². The number of hydrogen-bond acceptors (Lipinski definition) is 3. The molecule has 1 aliphatic rings. The third-order valence-electron chi connectivity index (χ3n) is 3.88. The fourth-order valence-electron chi connectivity index (χ4n) is 2.91. The van der Waals surface area contributed by atoms with E-state index in [9.17, 15) is 9.90 Å². The van der Waals surface area contributed by atoms with Crippen molar-refractivity contribution in [1.29, 1.82) is 0 Å². The number of rotatable bonds is 2. The zero-order chi connectivity index (χ0) is 14.3. The number of aryl methyl sites for hydroxylation is 1. The van der Waals surface area contributed by atoms with Crippen molar-refractivity contribution in [3.05, 3.63) is 35.0 Å². The highest BCUT2D eigenvalue weighted by Crippen LogP contribution is 2.36. The number of hydrogen-bond donors (Lipinski definition) is 2. The van der Waals surface area contributed by atoms with Crippen LogP contribution in [-0.4, -0.2) is 26.0 Å². The molecule has 2 aromatic rings. The summed E-state index contributed by atoms with van der Waals surface area (Å²) in [6, 6.07) is 5.12. The number of carboxylic acid groups (broad SMARTS) is 1. The summed E-state index contributed by atoms with van der Waals surface area (Å²) in [6.07, 6.45) is 3.95. The Morgan fingerprint density at radius 1 is 1.25 bits per heavy atom. The third kappa shape index (κ3) is 1.95. The number of carbonyl (C=O) groups is 1. The number of fused-ring (bicyclic) bond motifs is 1. The number of phenolic OH excluding ortho intramolecular Hbond substituents is 1. The van der Waals surface area contributed by atoms with Crippen LogP contribution in [0.25, 0.3) is 11.3 Å². The summed E-state index contributed by atoms with van der Waals surface area (Å²) in [5, 5.41) is 23.0. The summed E-state index contributed by atoms with van der Waals surface area (Å²) in [5.41, 5.74) is 3.91. The van der Waals surface area contributed by atoms with Crippen molar-refractivity contribution in [2.24, 2.45) is 7.05 Å². The predicted molar refractivity (Wildman–Crippen MR) is 73.9 cm³/mol. The Bertz CT molecular complexity index is 689. The smallest absolute Gasteiger partial charge is 0.356 e. The van der Waals surface area contributed by atoms with Crippen molar-refractivity contribution in [3.8, 4) is 17.0 Å². The van der Waals surface area contributed by atoms with Gasteiger partial charge >= 0.3 is 5.97 Å². The van der Waals surface area contributed by atoms with Crippen LogP contribution in [0.5, 0.6) is 5.75 Å². The second kappa shape index (κ2) is 4.67. The molecule has 0 bridgehead atoms. The first-order valence-electron chi connectivity index (χ1n) is 6.69. The first-order chi connectivity index (χ1) is 9.58. The van der Waals surface area contributed by atoms with E-state index in [4.69, 9.17) is 5.11 Å². The molecule has 0 radical (unpaired) electrons. The Labute approximate surface area is 116 Å². The quantitative estimate of drug-likeness (QED) is 0.880. The second-order valence-corrected chi connectivity index (χ2v) is 5.14. The zero-order valence-corrected chi connectivity index (χ0v) is 11.3. The average molecular weight is 272 g/mol. The SMILES string of the molecule is Cn1nc(C(=O)O)cc1-c1ccc(O)c2c1CCCC2. The van der Waals surface area contributed by atoms with Crippen molar-refractivity contribution in [1.82, 2.24) is 9.78 Å². The molecule has 0 spiro atoms. The fourth-order valence-corrected chi connectivity index (χ4v) is 2.91. The first-order valence-corrected chi connectivity index (χ1v) is 6.69. The van der Waals surface area contributed by atoms with E-state index in [2.05, 4.69) is 5.10 Å². The van der Waals surface area contributed by atoms with E-state index in [0.717, 1.165) is 48.1 Å². The zero-order valence-electron chi connectivity index (χ0n) is 11.3. The summed E-state index contributed by atoms with van der Waals surface area (Å²) >= 11 is 0. The van der Waals surface area contributed by atoms with Crippen LogP contribution in [0.1, 0.15) is 34.5 Å². The highest BCUT2D eigenvalue weighted by molar-refractivity contribution is 5.87. The van der Waals surface area contributed by atoms with Gasteiger partial charge in [-0.25, -0.2) is 4.79 Å². The largest absolute Gasteiger partial charge is 0.508 e. The molecule has 5 heteroatoms. The molecule has 0 atom stereocenters. The summed E-state index contributed by atoms with van der Waals surface area (Å²) < 4.78 is 1.59. The molecular formula is C15H16N2O3. The van der Waals surface area contributed by atoms with Gasteiger partial charge in [-0.2, -0.15) is 5.10 Å². The summed E-state index contributed by atoms with van der Waals surface area (Å²) in [4.78, 5) is 11.0. The molecular weight excluding hydrogens is 256 g/mol. The second-order valence-electron chi connectivity index (χ2n) is 5.14. The minimum absolute atomic E-state index is 0.0418. The maximum atomic E-state index is 11.0. The van der Waals surface area contributed by atoms with Gasteiger partial charge in [0.05, 0.1) is 5.69 Å². The molecule has 0 amide bonds. The summed E-state index contributed by atoms with van der Waals surface area (Å²) in [5.74, 6) is -0.691.